The highest BCUT2D eigenvalue weighted by molar-refractivity contribution is 9.10. The van der Waals surface area contributed by atoms with Crippen molar-refractivity contribution in [3.63, 3.8) is 0 Å². The van der Waals surface area contributed by atoms with Gasteiger partial charge in [-0.3, -0.25) is 14.4 Å². The molecule has 2 rings (SSSR count). The Morgan fingerprint density at radius 3 is 2.30 bits per heavy atom. The molecule has 0 aliphatic rings. The molecule has 0 fully saturated rings. The molecule has 0 saturated heterocycles. The molecule has 1 unspecified atom stereocenters. The van der Waals surface area contributed by atoms with Crippen LogP contribution in [0.15, 0.2) is 53.0 Å². The molecule has 0 bridgehead atoms. The minimum Gasteiger partial charge on any atom is -0.451 e. The van der Waals surface area contributed by atoms with Crippen molar-refractivity contribution in [2.24, 2.45) is 0 Å². The largest absolute Gasteiger partial charge is 0.451 e. The van der Waals surface area contributed by atoms with Gasteiger partial charge in [0.2, 0.25) is 0 Å². The normalized spacial score (nSPS) is 11.4. The highest BCUT2D eigenvalue weighted by atomic mass is 79.9. The molecule has 0 heterocycles. The van der Waals surface area contributed by atoms with Crippen LogP contribution >= 0.6 is 27.5 Å². The number of halogens is 2. The SMILES string of the molecule is CC(OC(=O)CNC(=O)c1ccc(Br)cc1)C(=O)NCc1ccc(Cl)cc1. The predicted molar refractivity (Wildman–Crippen MR) is 105 cm³/mol. The number of hydrogen-bond acceptors (Lipinski definition) is 4. The fourth-order valence-corrected chi connectivity index (χ4v) is 2.47. The monoisotopic (exact) mass is 452 g/mol. The molecule has 0 aliphatic heterocycles. The Morgan fingerprint density at radius 2 is 1.67 bits per heavy atom. The fourth-order valence-electron chi connectivity index (χ4n) is 2.08. The van der Waals surface area contributed by atoms with Gasteiger partial charge in [-0.25, -0.2) is 0 Å². The first-order chi connectivity index (χ1) is 12.8. The van der Waals surface area contributed by atoms with Crippen LogP contribution in [0.1, 0.15) is 22.8 Å². The van der Waals surface area contributed by atoms with Gasteiger partial charge in [0.25, 0.3) is 11.8 Å². The second-order valence-electron chi connectivity index (χ2n) is 5.67. The summed E-state index contributed by atoms with van der Waals surface area (Å²) in [6.07, 6.45) is -0.977. The lowest BCUT2D eigenvalue weighted by molar-refractivity contribution is -0.153. The number of benzene rings is 2. The van der Waals surface area contributed by atoms with Crippen molar-refractivity contribution >= 4 is 45.3 Å². The Balaban J connectivity index is 1.73. The molecule has 27 heavy (non-hydrogen) atoms. The van der Waals surface area contributed by atoms with Crippen LogP contribution in [0.3, 0.4) is 0 Å². The maximum absolute atomic E-state index is 12.0. The van der Waals surface area contributed by atoms with Crippen LogP contribution in [-0.4, -0.2) is 30.4 Å². The molecule has 2 aromatic rings. The van der Waals surface area contributed by atoms with Gasteiger partial charge in [-0.15, -0.1) is 0 Å². The van der Waals surface area contributed by atoms with Gasteiger partial charge in [0, 0.05) is 21.6 Å². The highest BCUT2D eigenvalue weighted by Crippen LogP contribution is 2.10. The molecule has 8 heteroatoms. The summed E-state index contributed by atoms with van der Waals surface area (Å²) >= 11 is 9.08. The first-order valence-corrected chi connectivity index (χ1v) is 9.27. The van der Waals surface area contributed by atoms with E-state index in [0.717, 1.165) is 10.0 Å². The number of rotatable bonds is 7. The first kappa shape index (κ1) is 20.9. The Labute approximate surface area is 170 Å². The van der Waals surface area contributed by atoms with Crippen molar-refractivity contribution in [3.05, 3.63) is 69.2 Å². The van der Waals surface area contributed by atoms with Crippen LogP contribution in [0.2, 0.25) is 5.02 Å². The van der Waals surface area contributed by atoms with E-state index in [1.807, 2.05) is 0 Å². The Hall–Kier alpha value is -2.38. The van der Waals surface area contributed by atoms with Gasteiger partial charge in [-0.1, -0.05) is 39.7 Å². The fraction of sp³-hybridized carbons (Fsp3) is 0.211. The van der Waals surface area contributed by atoms with E-state index >= 15 is 0 Å². The molecule has 0 aromatic heterocycles. The van der Waals surface area contributed by atoms with Crippen LogP contribution in [0.4, 0.5) is 0 Å². The summed E-state index contributed by atoms with van der Waals surface area (Å²) in [5.74, 6) is -1.54. The number of ether oxygens (including phenoxy) is 1. The molecule has 2 amide bonds. The molecule has 1 atom stereocenters. The molecular weight excluding hydrogens is 436 g/mol. The highest BCUT2D eigenvalue weighted by Gasteiger charge is 2.18. The third-order valence-corrected chi connectivity index (χ3v) is 4.34. The summed E-state index contributed by atoms with van der Waals surface area (Å²) in [5.41, 5.74) is 1.28. The summed E-state index contributed by atoms with van der Waals surface area (Å²) in [6, 6.07) is 13.7. The second kappa shape index (κ2) is 10.1. The van der Waals surface area contributed by atoms with Crippen molar-refractivity contribution < 1.29 is 19.1 Å². The van der Waals surface area contributed by atoms with Gasteiger partial charge in [0.05, 0.1) is 0 Å². The van der Waals surface area contributed by atoms with Crippen LogP contribution in [0, 0.1) is 0 Å². The van der Waals surface area contributed by atoms with Crippen molar-refractivity contribution in [2.75, 3.05) is 6.54 Å². The summed E-state index contributed by atoms with van der Waals surface area (Å²) in [4.78, 5) is 35.8. The number of carbonyl (C=O) groups is 3. The summed E-state index contributed by atoms with van der Waals surface area (Å²) in [5, 5.41) is 5.73. The minimum absolute atomic E-state index is 0.290. The Bertz CT molecular complexity index is 809. The van der Waals surface area contributed by atoms with Crippen LogP contribution in [0.25, 0.3) is 0 Å². The van der Waals surface area contributed by atoms with Crippen LogP contribution in [-0.2, 0) is 20.9 Å². The third kappa shape index (κ3) is 7.03. The quantitative estimate of drug-likeness (QED) is 0.631. The maximum Gasteiger partial charge on any atom is 0.326 e. The van der Waals surface area contributed by atoms with E-state index in [-0.39, 0.29) is 13.1 Å². The lowest BCUT2D eigenvalue weighted by Crippen LogP contribution is -2.38. The van der Waals surface area contributed by atoms with E-state index in [0.29, 0.717) is 10.6 Å². The Kier molecular flexibility index (Phi) is 7.82. The van der Waals surface area contributed by atoms with Gasteiger partial charge in [0.15, 0.2) is 6.10 Å². The molecule has 0 saturated carbocycles. The summed E-state index contributed by atoms with van der Waals surface area (Å²) in [7, 11) is 0. The molecule has 6 nitrogen and oxygen atoms in total. The summed E-state index contributed by atoms with van der Waals surface area (Å²) < 4.78 is 5.88. The first-order valence-electron chi connectivity index (χ1n) is 8.10. The smallest absolute Gasteiger partial charge is 0.326 e. The zero-order valence-corrected chi connectivity index (χ0v) is 16.8. The zero-order chi connectivity index (χ0) is 19.8. The molecule has 0 aliphatic carbocycles. The van der Waals surface area contributed by atoms with Crippen LogP contribution < -0.4 is 10.6 Å². The number of amides is 2. The molecule has 142 valence electrons. The summed E-state index contributed by atoms with van der Waals surface area (Å²) in [6.45, 7) is 1.42. The van der Waals surface area contributed by atoms with Gasteiger partial charge in [-0.2, -0.15) is 0 Å². The molecule has 0 spiro atoms. The van der Waals surface area contributed by atoms with E-state index in [9.17, 15) is 14.4 Å². The lowest BCUT2D eigenvalue weighted by Gasteiger charge is -2.14. The Morgan fingerprint density at radius 1 is 1.04 bits per heavy atom. The average molecular weight is 454 g/mol. The van der Waals surface area contributed by atoms with Crippen molar-refractivity contribution in [1.82, 2.24) is 10.6 Å². The third-order valence-electron chi connectivity index (χ3n) is 3.56. The number of esters is 1. The van der Waals surface area contributed by atoms with E-state index in [1.165, 1.54) is 6.92 Å². The zero-order valence-electron chi connectivity index (χ0n) is 14.5. The van der Waals surface area contributed by atoms with Crippen molar-refractivity contribution in [1.29, 1.82) is 0 Å². The molecular formula is C19H18BrClN2O4. The van der Waals surface area contributed by atoms with E-state index in [2.05, 4.69) is 26.6 Å². The van der Waals surface area contributed by atoms with Crippen molar-refractivity contribution in [3.8, 4) is 0 Å². The number of carbonyl (C=O) groups excluding carboxylic acids is 3. The van der Waals surface area contributed by atoms with Gasteiger partial charge in [-0.05, 0) is 48.9 Å². The maximum atomic E-state index is 12.0. The van der Waals surface area contributed by atoms with Crippen molar-refractivity contribution in [2.45, 2.75) is 19.6 Å². The topological polar surface area (TPSA) is 84.5 Å². The lowest BCUT2D eigenvalue weighted by atomic mass is 10.2. The van der Waals surface area contributed by atoms with E-state index in [4.69, 9.17) is 16.3 Å². The number of hydrogen-bond donors (Lipinski definition) is 2. The molecule has 0 radical (unpaired) electrons. The molecule has 2 N–H and O–H groups in total. The minimum atomic E-state index is -0.977. The molecule has 2 aromatic carbocycles. The number of nitrogens with one attached hydrogen (secondary N) is 2. The van der Waals surface area contributed by atoms with Gasteiger partial charge >= 0.3 is 5.97 Å². The standard InChI is InChI=1S/C19H18BrClN2O4/c1-12(18(25)22-10-13-2-8-16(21)9-3-13)27-17(24)11-23-19(26)14-4-6-15(20)7-5-14/h2-9,12H,10-11H2,1H3,(H,22,25)(H,23,26). The van der Waals surface area contributed by atoms with E-state index in [1.54, 1.807) is 48.5 Å². The average Bonchev–Trinajstić information content (AvgIpc) is 2.66. The second-order valence-corrected chi connectivity index (χ2v) is 7.02. The van der Waals surface area contributed by atoms with E-state index < -0.39 is 23.9 Å². The van der Waals surface area contributed by atoms with Gasteiger partial charge in [0.1, 0.15) is 6.54 Å². The van der Waals surface area contributed by atoms with Crippen LogP contribution in [0.5, 0.6) is 0 Å². The predicted octanol–water partition coefficient (Wildman–Crippen LogP) is 3.08. The van der Waals surface area contributed by atoms with Gasteiger partial charge < -0.3 is 15.4 Å².